The normalized spacial score (nSPS) is 10.1. The molecule has 0 fully saturated rings. The predicted molar refractivity (Wildman–Crippen MR) is 35.8 cm³/mol. The molecule has 1 heterocycles. The fourth-order valence-electron chi connectivity index (χ4n) is 0.565. The Kier molecular flexibility index (Phi) is 1.78. The van der Waals surface area contributed by atoms with Crippen molar-refractivity contribution in [1.82, 2.24) is 9.97 Å². The highest BCUT2D eigenvalue weighted by molar-refractivity contribution is 4.95. The van der Waals surface area contributed by atoms with Crippen molar-refractivity contribution in [3.63, 3.8) is 0 Å². The highest BCUT2D eigenvalue weighted by atomic mass is 14.9. The fraction of sp³-hybridized carbons (Fsp3) is 0.286. The number of nitrogens with zero attached hydrogens (tertiary/aromatic N) is 2. The van der Waals surface area contributed by atoms with Gasteiger partial charge in [0, 0.05) is 18.3 Å². The second-order valence-corrected chi connectivity index (χ2v) is 2.01. The van der Waals surface area contributed by atoms with Gasteiger partial charge in [-0.25, -0.2) is 9.97 Å². The van der Waals surface area contributed by atoms with Gasteiger partial charge in [-0.2, -0.15) is 0 Å². The Bertz CT molecular complexity index is 170. The Labute approximate surface area is 55.0 Å². The van der Waals surface area contributed by atoms with E-state index >= 15 is 0 Å². The summed E-state index contributed by atoms with van der Waals surface area (Å²) in [5, 5.41) is 0. The zero-order valence-corrected chi connectivity index (χ0v) is 5.41. The summed E-state index contributed by atoms with van der Waals surface area (Å²) in [5.74, 6) is 0.990. The molecule has 0 spiro atoms. The predicted octanol–water partition coefficient (Wildman–Crippen LogP) is 1.41. The molecule has 1 radical (unpaired) electrons. The van der Waals surface area contributed by atoms with Crippen molar-refractivity contribution in [2.45, 2.75) is 12.8 Å². The molecule has 9 heavy (non-hydrogen) atoms. The summed E-state index contributed by atoms with van der Waals surface area (Å²) in [5.41, 5.74) is 0. The lowest BCUT2D eigenvalue weighted by molar-refractivity contribution is 0.839. The van der Waals surface area contributed by atoms with Crippen LogP contribution in [-0.2, 0) is 0 Å². The van der Waals surface area contributed by atoms with Crippen LogP contribution in [-0.4, -0.2) is 9.97 Å². The number of hydrogen-bond donors (Lipinski definition) is 0. The van der Waals surface area contributed by atoms with E-state index in [0.29, 0.717) is 0 Å². The summed E-state index contributed by atoms with van der Waals surface area (Å²) < 4.78 is 0. The third kappa shape index (κ3) is 1.49. The van der Waals surface area contributed by atoms with Gasteiger partial charge in [0.2, 0.25) is 0 Å². The number of rotatable bonds is 1. The Morgan fingerprint density at radius 2 is 2.00 bits per heavy atom. The fourth-order valence-corrected chi connectivity index (χ4v) is 0.565. The summed E-state index contributed by atoms with van der Waals surface area (Å²) in [6.45, 7) is 5.75. The lowest BCUT2D eigenvalue weighted by atomic mass is 10.2. The number of hydrogen-bond acceptors (Lipinski definition) is 2. The summed E-state index contributed by atoms with van der Waals surface area (Å²) >= 11 is 0. The quantitative estimate of drug-likeness (QED) is 0.561. The zero-order valence-electron chi connectivity index (χ0n) is 5.41. The average Bonchev–Trinajstić information content (AvgIpc) is 1.90. The molecule has 1 aromatic rings. The van der Waals surface area contributed by atoms with E-state index in [1.54, 1.807) is 18.5 Å². The standard InChI is InChI=1S/C7H9N2/c1-6(2)7-8-4-3-5-9-7/h3-6H,1H2,2H3. The van der Waals surface area contributed by atoms with Gasteiger partial charge in [0.1, 0.15) is 5.82 Å². The van der Waals surface area contributed by atoms with Gasteiger partial charge in [0.15, 0.2) is 0 Å². The molecule has 0 aromatic carbocycles. The molecule has 0 aliphatic heterocycles. The monoisotopic (exact) mass is 121 g/mol. The maximum Gasteiger partial charge on any atom is 0.130 e. The minimum absolute atomic E-state index is 0.186. The Balaban J connectivity index is 2.85. The summed E-state index contributed by atoms with van der Waals surface area (Å²) in [6.07, 6.45) is 3.45. The van der Waals surface area contributed by atoms with E-state index in [1.165, 1.54) is 0 Å². The van der Waals surface area contributed by atoms with Crippen LogP contribution in [0.2, 0.25) is 0 Å². The van der Waals surface area contributed by atoms with Crippen molar-refractivity contribution >= 4 is 0 Å². The van der Waals surface area contributed by atoms with Crippen molar-refractivity contribution < 1.29 is 0 Å². The molecule has 0 aliphatic rings. The van der Waals surface area contributed by atoms with Crippen LogP contribution in [0.1, 0.15) is 18.7 Å². The zero-order chi connectivity index (χ0) is 6.69. The van der Waals surface area contributed by atoms with E-state index in [2.05, 4.69) is 16.9 Å². The molecule has 2 heteroatoms. The van der Waals surface area contributed by atoms with Crippen molar-refractivity contribution in [2.24, 2.45) is 0 Å². The van der Waals surface area contributed by atoms with E-state index in [-0.39, 0.29) is 5.92 Å². The van der Waals surface area contributed by atoms with E-state index in [9.17, 15) is 0 Å². The molecule has 0 amide bonds. The second-order valence-electron chi connectivity index (χ2n) is 2.01. The van der Waals surface area contributed by atoms with Crippen molar-refractivity contribution in [2.75, 3.05) is 0 Å². The molecular formula is C7H9N2. The molecule has 47 valence electrons. The third-order valence-electron chi connectivity index (χ3n) is 1.03. The van der Waals surface area contributed by atoms with Gasteiger partial charge in [-0.15, -0.1) is 0 Å². The molecule has 0 saturated heterocycles. The molecule has 1 rings (SSSR count). The molecular weight excluding hydrogens is 112 g/mol. The summed E-state index contributed by atoms with van der Waals surface area (Å²) in [4.78, 5) is 8.01. The number of aromatic nitrogens is 2. The lowest BCUT2D eigenvalue weighted by Gasteiger charge is -1.98. The molecule has 1 unspecified atom stereocenters. The first-order chi connectivity index (χ1) is 4.30. The van der Waals surface area contributed by atoms with Gasteiger partial charge in [-0.05, 0) is 13.0 Å². The van der Waals surface area contributed by atoms with Crippen molar-refractivity contribution in [3.8, 4) is 0 Å². The molecule has 0 N–H and O–H groups in total. The van der Waals surface area contributed by atoms with Gasteiger partial charge < -0.3 is 0 Å². The Morgan fingerprint density at radius 3 is 2.33 bits per heavy atom. The first kappa shape index (κ1) is 6.20. The molecule has 1 aromatic heterocycles. The highest BCUT2D eigenvalue weighted by Crippen LogP contribution is 2.04. The molecule has 0 saturated carbocycles. The maximum atomic E-state index is 4.00. The minimum Gasteiger partial charge on any atom is -0.241 e. The first-order valence-electron chi connectivity index (χ1n) is 2.90. The SMILES string of the molecule is [CH2]C(C)c1ncccn1. The van der Waals surface area contributed by atoms with Crippen LogP contribution in [0.4, 0.5) is 0 Å². The Morgan fingerprint density at radius 1 is 1.44 bits per heavy atom. The second kappa shape index (κ2) is 2.58. The van der Waals surface area contributed by atoms with Gasteiger partial charge in [0.25, 0.3) is 0 Å². The van der Waals surface area contributed by atoms with Gasteiger partial charge in [-0.3, -0.25) is 0 Å². The van der Waals surface area contributed by atoms with Crippen LogP contribution in [0.3, 0.4) is 0 Å². The van der Waals surface area contributed by atoms with E-state index in [4.69, 9.17) is 0 Å². The van der Waals surface area contributed by atoms with E-state index in [0.717, 1.165) is 5.82 Å². The van der Waals surface area contributed by atoms with E-state index in [1.807, 2.05) is 6.92 Å². The smallest absolute Gasteiger partial charge is 0.130 e. The molecule has 0 bridgehead atoms. The van der Waals surface area contributed by atoms with Crippen LogP contribution in [0.5, 0.6) is 0 Å². The van der Waals surface area contributed by atoms with Crippen LogP contribution in [0.25, 0.3) is 0 Å². The van der Waals surface area contributed by atoms with Gasteiger partial charge >= 0.3 is 0 Å². The third-order valence-corrected chi connectivity index (χ3v) is 1.03. The van der Waals surface area contributed by atoms with Crippen LogP contribution in [0.15, 0.2) is 18.5 Å². The summed E-state index contributed by atoms with van der Waals surface area (Å²) in [7, 11) is 0. The van der Waals surface area contributed by atoms with Crippen molar-refractivity contribution in [3.05, 3.63) is 31.2 Å². The minimum atomic E-state index is 0.186. The molecule has 0 aliphatic carbocycles. The Hall–Kier alpha value is -0.920. The largest absolute Gasteiger partial charge is 0.241 e. The van der Waals surface area contributed by atoms with Crippen LogP contribution in [0, 0.1) is 6.92 Å². The average molecular weight is 121 g/mol. The maximum absolute atomic E-state index is 4.00. The van der Waals surface area contributed by atoms with E-state index < -0.39 is 0 Å². The van der Waals surface area contributed by atoms with Gasteiger partial charge in [-0.1, -0.05) is 6.92 Å². The van der Waals surface area contributed by atoms with Gasteiger partial charge in [0.05, 0.1) is 0 Å². The molecule has 2 nitrogen and oxygen atoms in total. The van der Waals surface area contributed by atoms with Crippen LogP contribution >= 0.6 is 0 Å². The topological polar surface area (TPSA) is 25.8 Å². The van der Waals surface area contributed by atoms with Crippen LogP contribution < -0.4 is 0 Å². The summed E-state index contributed by atoms with van der Waals surface area (Å²) in [6, 6.07) is 1.80. The molecule has 1 atom stereocenters. The highest BCUT2D eigenvalue weighted by Gasteiger charge is 1.97. The van der Waals surface area contributed by atoms with Crippen molar-refractivity contribution in [1.29, 1.82) is 0 Å². The first-order valence-corrected chi connectivity index (χ1v) is 2.90. The lowest BCUT2D eigenvalue weighted by Crippen LogP contribution is -1.94.